The van der Waals surface area contributed by atoms with E-state index in [2.05, 4.69) is 0 Å². The van der Waals surface area contributed by atoms with Crippen LogP contribution in [0.25, 0.3) is 18.2 Å². The maximum Gasteiger partial charge on any atom is 0.291 e. The quantitative estimate of drug-likeness (QED) is 0.0836. The highest BCUT2D eigenvalue weighted by molar-refractivity contribution is 5.68. The Morgan fingerprint density at radius 3 is 0.986 bits per heavy atom. The Labute approximate surface area is 397 Å². The summed E-state index contributed by atoms with van der Waals surface area (Å²) in [5, 5.41) is 34.3. The van der Waals surface area contributed by atoms with Gasteiger partial charge in [0, 0.05) is 51.6 Å². The van der Waals surface area contributed by atoms with E-state index in [1.807, 2.05) is 83.1 Å². The van der Waals surface area contributed by atoms with E-state index in [0.717, 1.165) is 22.3 Å². The van der Waals surface area contributed by atoms with Crippen LogP contribution in [0, 0.1) is 50.0 Å². The molecule has 0 saturated heterocycles. The second-order valence-corrected chi connectivity index (χ2v) is 15.7. The van der Waals surface area contributed by atoms with Gasteiger partial charge in [-0.2, -0.15) is 0 Å². The van der Waals surface area contributed by atoms with Crippen molar-refractivity contribution in [1.82, 2.24) is 0 Å². The lowest BCUT2D eigenvalue weighted by Gasteiger charge is -2.24. The molecule has 0 saturated carbocycles. The number of ether oxygens (including phenoxy) is 6. The first-order valence-electron chi connectivity index (χ1n) is 22.0. The number of benzene rings is 6. The molecule has 3 aliphatic heterocycles. The molecule has 9 rings (SSSR count). The predicted molar refractivity (Wildman–Crippen MR) is 257 cm³/mol. The first kappa shape index (κ1) is 48.4. The van der Waals surface area contributed by atoms with Gasteiger partial charge in [0.25, 0.3) is 17.1 Å². The lowest BCUT2D eigenvalue weighted by Crippen LogP contribution is -2.20. The second kappa shape index (κ2) is 21.8. The third-order valence-electron chi connectivity index (χ3n) is 10.9. The molecule has 354 valence electrons. The van der Waals surface area contributed by atoms with Crippen LogP contribution in [0.2, 0.25) is 0 Å². The van der Waals surface area contributed by atoms with Gasteiger partial charge in [0.1, 0.15) is 5.82 Å². The summed E-state index contributed by atoms with van der Waals surface area (Å²) in [7, 11) is 0. The van der Waals surface area contributed by atoms with Crippen molar-refractivity contribution in [1.29, 1.82) is 0 Å². The van der Waals surface area contributed by atoms with Gasteiger partial charge in [-0.25, -0.2) is 4.39 Å². The van der Waals surface area contributed by atoms with Crippen LogP contribution in [0.1, 0.15) is 83.6 Å². The monoisotopic (exact) mass is 937 g/mol. The molecule has 0 amide bonds. The van der Waals surface area contributed by atoms with E-state index in [4.69, 9.17) is 28.4 Å². The minimum atomic E-state index is -0.917. The zero-order valence-electron chi connectivity index (χ0n) is 38.3. The van der Waals surface area contributed by atoms with Crippen LogP contribution >= 0.6 is 0 Å². The van der Waals surface area contributed by atoms with Crippen molar-refractivity contribution < 1.29 is 47.6 Å². The Hall–Kier alpha value is -8.53. The summed E-state index contributed by atoms with van der Waals surface area (Å²) in [6, 6.07) is 36.5. The normalized spacial score (nSPS) is 16.1. The minimum absolute atomic E-state index is 0.0231. The standard InChI is InChI=1S/2C18H17NO4.C17H14FNO4/c2*1-3-22-16-6-4-5-14-11-15(19(20)21)17(23-18(14)16)13-9-7-12(2)8-10-13;1-2-22-15-5-3-4-12-10-14(19(20)21)16(23-17(12)15)11-6-8-13(18)9-7-11/h2*4-11,17H,3H2,1-2H3;3-10,16H,2H2,1H3/t17-;;16-/m0.1/s1. The fraction of sp³-hybridized carbons (Fsp3) is 0.208. The van der Waals surface area contributed by atoms with Gasteiger partial charge >= 0.3 is 0 Å². The van der Waals surface area contributed by atoms with Crippen LogP contribution in [0.4, 0.5) is 4.39 Å². The fourth-order valence-electron chi connectivity index (χ4n) is 7.65. The van der Waals surface area contributed by atoms with E-state index in [1.54, 1.807) is 66.7 Å². The molecule has 16 heteroatoms. The van der Waals surface area contributed by atoms with Gasteiger partial charge in [-0.05, 0) is 65.0 Å². The zero-order valence-corrected chi connectivity index (χ0v) is 38.3. The third-order valence-corrected chi connectivity index (χ3v) is 10.9. The first-order valence-corrected chi connectivity index (χ1v) is 22.0. The van der Waals surface area contributed by atoms with Gasteiger partial charge in [-0.1, -0.05) is 108 Å². The number of rotatable bonds is 12. The lowest BCUT2D eigenvalue weighted by atomic mass is 10.00. The average molecular weight is 938 g/mol. The number of nitro groups is 3. The number of aryl methyl sites for hydroxylation is 2. The molecular weight excluding hydrogens is 890 g/mol. The van der Waals surface area contributed by atoms with Gasteiger partial charge < -0.3 is 28.4 Å². The van der Waals surface area contributed by atoms with E-state index in [0.29, 0.717) is 76.6 Å². The largest absolute Gasteiger partial charge is 0.490 e. The fourth-order valence-corrected chi connectivity index (χ4v) is 7.65. The highest BCUT2D eigenvalue weighted by atomic mass is 19.1. The molecule has 1 unspecified atom stereocenters. The minimum Gasteiger partial charge on any atom is -0.490 e. The van der Waals surface area contributed by atoms with E-state index in [1.165, 1.54) is 30.3 Å². The van der Waals surface area contributed by atoms with Crippen molar-refractivity contribution in [2.24, 2.45) is 0 Å². The Morgan fingerprint density at radius 1 is 0.449 bits per heavy atom. The van der Waals surface area contributed by atoms with E-state index in [9.17, 15) is 34.7 Å². The van der Waals surface area contributed by atoms with Gasteiger partial charge in [0.15, 0.2) is 34.5 Å². The summed E-state index contributed by atoms with van der Waals surface area (Å²) in [5.74, 6) is 2.86. The molecule has 69 heavy (non-hydrogen) atoms. The Bertz CT molecular complexity index is 2620. The van der Waals surface area contributed by atoms with Crippen molar-refractivity contribution in [3.05, 3.63) is 225 Å². The van der Waals surface area contributed by atoms with Gasteiger partial charge in [0.2, 0.25) is 18.3 Å². The zero-order chi connectivity index (χ0) is 49.2. The van der Waals surface area contributed by atoms with Crippen LogP contribution in [-0.4, -0.2) is 34.6 Å². The second-order valence-electron chi connectivity index (χ2n) is 15.7. The number of hydrogen-bond donors (Lipinski definition) is 0. The smallest absolute Gasteiger partial charge is 0.291 e. The van der Waals surface area contributed by atoms with Gasteiger partial charge in [-0.15, -0.1) is 0 Å². The molecule has 3 heterocycles. The molecule has 0 radical (unpaired) electrons. The molecule has 6 aromatic rings. The van der Waals surface area contributed by atoms with E-state index in [-0.39, 0.29) is 26.9 Å². The maximum absolute atomic E-state index is 13.1. The highest BCUT2D eigenvalue weighted by Crippen LogP contribution is 2.45. The maximum atomic E-state index is 13.1. The molecule has 6 aromatic carbocycles. The summed E-state index contributed by atoms with van der Waals surface area (Å²) >= 11 is 0. The van der Waals surface area contributed by atoms with Gasteiger partial charge in [-0.3, -0.25) is 30.3 Å². The summed E-state index contributed by atoms with van der Waals surface area (Å²) in [4.78, 5) is 33.0. The van der Waals surface area contributed by atoms with Crippen molar-refractivity contribution in [3.8, 4) is 34.5 Å². The van der Waals surface area contributed by atoms with Crippen LogP contribution < -0.4 is 28.4 Å². The molecule has 0 N–H and O–H groups in total. The van der Waals surface area contributed by atoms with Crippen LogP contribution in [0.15, 0.2) is 144 Å². The Morgan fingerprint density at radius 2 is 0.725 bits per heavy atom. The number of para-hydroxylation sites is 3. The topological polar surface area (TPSA) is 185 Å². The number of hydrogen-bond acceptors (Lipinski definition) is 12. The van der Waals surface area contributed by atoms with Crippen LogP contribution in [-0.2, 0) is 0 Å². The molecule has 0 bridgehead atoms. The Kier molecular flexibility index (Phi) is 15.3. The average Bonchev–Trinajstić information content (AvgIpc) is 3.34. The van der Waals surface area contributed by atoms with Crippen molar-refractivity contribution in [2.75, 3.05) is 19.8 Å². The lowest BCUT2D eigenvalue weighted by molar-refractivity contribution is -0.434. The molecule has 15 nitrogen and oxygen atoms in total. The summed E-state index contributed by atoms with van der Waals surface area (Å²) < 4.78 is 47.6. The molecule has 0 fully saturated rings. The van der Waals surface area contributed by atoms with Crippen molar-refractivity contribution >= 4 is 18.2 Å². The molecule has 0 aromatic heterocycles. The number of fused-ring (bicyclic) bond motifs is 3. The highest BCUT2D eigenvalue weighted by Gasteiger charge is 2.37. The third kappa shape index (κ3) is 11.2. The molecular formula is C53H48FN3O12. The van der Waals surface area contributed by atoms with Gasteiger partial charge in [0.05, 0.1) is 34.6 Å². The molecule has 0 aliphatic carbocycles. The Balaban J connectivity index is 0.000000153. The van der Waals surface area contributed by atoms with E-state index < -0.39 is 29.1 Å². The molecule has 3 atom stereocenters. The first-order chi connectivity index (χ1) is 33.3. The van der Waals surface area contributed by atoms with Crippen LogP contribution in [0.5, 0.6) is 34.5 Å². The van der Waals surface area contributed by atoms with Crippen molar-refractivity contribution in [3.63, 3.8) is 0 Å². The van der Waals surface area contributed by atoms with Crippen LogP contribution in [0.3, 0.4) is 0 Å². The molecule has 3 aliphatic rings. The predicted octanol–water partition coefficient (Wildman–Crippen LogP) is 12.3. The summed E-state index contributed by atoms with van der Waals surface area (Å²) in [6.45, 7) is 11.0. The SMILES string of the molecule is CCOc1cccc2c1OC(c1ccc(C)cc1)C([N+](=O)[O-])=C2.CCOc1cccc2c1O[C@@H](c1ccc(C)cc1)C([N+](=O)[O-])=C2.CCOc1cccc2c1O[C@H](c1ccc(F)cc1)C([N+](=O)[O-])=C2. The number of halogens is 1. The molecule has 0 spiro atoms. The number of nitrogens with zero attached hydrogens (tertiary/aromatic N) is 3. The summed E-state index contributed by atoms with van der Waals surface area (Å²) in [6.07, 6.45) is 2.17. The van der Waals surface area contributed by atoms with E-state index >= 15 is 0 Å². The van der Waals surface area contributed by atoms with Crippen molar-refractivity contribution in [2.45, 2.75) is 52.9 Å². The summed E-state index contributed by atoms with van der Waals surface area (Å²) in [5.41, 5.74) is 6.02.